The SMILES string of the molecule is Cc1c(Br)cccc1Cn1ccc(C(=O)c2cncnc2NC2CCC(CCS(N)(=O)=O)C2)n1. The molecule has 0 saturated heterocycles. The zero-order chi connectivity index (χ0) is 24.3. The number of aromatic nitrogens is 4. The van der Waals surface area contributed by atoms with Crippen LogP contribution in [0.1, 0.15) is 52.9 Å². The third-order valence-electron chi connectivity index (χ3n) is 6.24. The van der Waals surface area contributed by atoms with Crippen LogP contribution in [0, 0.1) is 12.8 Å². The Hall–Kier alpha value is -2.63. The van der Waals surface area contributed by atoms with Crippen molar-refractivity contribution in [2.45, 2.75) is 45.2 Å². The number of nitrogens with zero attached hydrogens (tertiary/aromatic N) is 4. The molecular formula is C23H27BrN6O3S. The Morgan fingerprint density at radius 3 is 2.91 bits per heavy atom. The third-order valence-corrected chi connectivity index (χ3v) is 7.90. The summed E-state index contributed by atoms with van der Waals surface area (Å²) in [6, 6.07) is 7.81. The molecule has 0 aliphatic heterocycles. The second-order valence-electron chi connectivity index (χ2n) is 8.71. The molecule has 9 nitrogen and oxygen atoms in total. The van der Waals surface area contributed by atoms with E-state index < -0.39 is 10.0 Å². The van der Waals surface area contributed by atoms with Gasteiger partial charge in [0.15, 0.2) is 0 Å². The molecule has 1 fully saturated rings. The Labute approximate surface area is 207 Å². The molecule has 0 bridgehead atoms. The van der Waals surface area contributed by atoms with Crippen LogP contribution >= 0.6 is 15.9 Å². The lowest BCUT2D eigenvalue weighted by Gasteiger charge is -2.15. The van der Waals surface area contributed by atoms with E-state index in [-0.39, 0.29) is 23.5 Å². The second-order valence-corrected chi connectivity index (χ2v) is 11.3. The third kappa shape index (κ3) is 6.08. The van der Waals surface area contributed by atoms with E-state index in [2.05, 4.69) is 36.3 Å². The highest BCUT2D eigenvalue weighted by atomic mass is 79.9. The van der Waals surface area contributed by atoms with Crippen LogP contribution in [-0.4, -0.2) is 45.7 Å². The number of nitrogens with two attached hydrogens (primary N) is 1. The van der Waals surface area contributed by atoms with E-state index in [4.69, 9.17) is 5.14 Å². The zero-order valence-electron chi connectivity index (χ0n) is 18.8. The van der Waals surface area contributed by atoms with Gasteiger partial charge in [-0.25, -0.2) is 23.5 Å². The van der Waals surface area contributed by atoms with Crippen molar-refractivity contribution in [2.75, 3.05) is 11.1 Å². The van der Waals surface area contributed by atoms with Gasteiger partial charge >= 0.3 is 0 Å². The molecule has 0 radical (unpaired) electrons. The maximum absolute atomic E-state index is 13.2. The minimum absolute atomic E-state index is 0.0102. The van der Waals surface area contributed by atoms with Gasteiger partial charge in [0.1, 0.15) is 17.8 Å². The van der Waals surface area contributed by atoms with Crippen molar-refractivity contribution < 1.29 is 13.2 Å². The minimum atomic E-state index is -3.46. The lowest BCUT2D eigenvalue weighted by atomic mass is 10.1. The predicted octanol–water partition coefficient (Wildman–Crippen LogP) is 3.28. The average Bonchev–Trinajstić information content (AvgIpc) is 3.45. The molecular weight excluding hydrogens is 520 g/mol. The second kappa shape index (κ2) is 10.3. The van der Waals surface area contributed by atoms with Crippen molar-refractivity contribution in [3.63, 3.8) is 0 Å². The Balaban J connectivity index is 1.44. The number of primary sulfonamides is 1. The molecule has 2 heterocycles. The molecule has 11 heteroatoms. The van der Waals surface area contributed by atoms with Gasteiger partial charge in [0.2, 0.25) is 15.8 Å². The summed E-state index contributed by atoms with van der Waals surface area (Å²) < 4.78 is 25.3. The van der Waals surface area contributed by atoms with Crippen LogP contribution < -0.4 is 10.5 Å². The molecule has 180 valence electrons. The van der Waals surface area contributed by atoms with Gasteiger partial charge in [0, 0.05) is 22.9 Å². The van der Waals surface area contributed by atoms with Crippen molar-refractivity contribution >= 4 is 37.6 Å². The molecule has 1 saturated carbocycles. The van der Waals surface area contributed by atoms with Gasteiger partial charge in [-0.2, -0.15) is 5.10 Å². The molecule has 2 atom stereocenters. The molecule has 34 heavy (non-hydrogen) atoms. The van der Waals surface area contributed by atoms with Crippen molar-refractivity contribution in [2.24, 2.45) is 11.1 Å². The Morgan fingerprint density at radius 1 is 1.29 bits per heavy atom. The van der Waals surface area contributed by atoms with Crippen LogP contribution in [0.25, 0.3) is 0 Å². The van der Waals surface area contributed by atoms with Gasteiger partial charge in [0.05, 0.1) is 17.9 Å². The first-order valence-corrected chi connectivity index (χ1v) is 13.6. The highest BCUT2D eigenvalue weighted by molar-refractivity contribution is 9.10. The normalized spacial score (nSPS) is 18.2. The molecule has 1 aliphatic rings. The molecule has 1 aromatic carbocycles. The molecule has 0 spiro atoms. The van der Waals surface area contributed by atoms with E-state index in [9.17, 15) is 13.2 Å². The average molecular weight is 547 g/mol. The molecule has 0 amide bonds. The van der Waals surface area contributed by atoms with Crippen molar-refractivity contribution in [1.82, 2.24) is 19.7 Å². The summed E-state index contributed by atoms with van der Waals surface area (Å²) in [5, 5.41) is 13.0. The number of benzene rings is 1. The van der Waals surface area contributed by atoms with Crippen LogP contribution in [0.2, 0.25) is 0 Å². The summed E-state index contributed by atoms with van der Waals surface area (Å²) in [4.78, 5) is 21.6. The summed E-state index contributed by atoms with van der Waals surface area (Å²) in [7, 11) is -3.46. The quantitative estimate of drug-likeness (QED) is 0.393. The number of nitrogens with one attached hydrogen (secondary N) is 1. The lowest BCUT2D eigenvalue weighted by molar-refractivity contribution is 0.103. The van der Waals surface area contributed by atoms with E-state index in [0.29, 0.717) is 30.0 Å². The number of sulfonamides is 1. The summed E-state index contributed by atoms with van der Waals surface area (Å²) in [6.45, 7) is 2.59. The topological polar surface area (TPSA) is 133 Å². The summed E-state index contributed by atoms with van der Waals surface area (Å²) in [5.74, 6) is 0.476. The van der Waals surface area contributed by atoms with Crippen LogP contribution in [0.15, 0.2) is 47.5 Å². The summed E-state index contributed by atoms with van der Waals surface area (Å²) in [5.41, 5.74) is 2.93. The molecule has 2 aromatic heterocycles. The van der Waals surface area contributed by atoms with E-state index in [0.717, 1.165) is 34.9 Å². The highest BCUT2D eigenvalue weighted by Gasteiger charge is 2.27. The molecule has 4 rings (SSSR count). The van der Waals surface area contributed by atoms with Gasteiger partial charge in [-0.15, -0.1) is 0 Å². The minimum Gasteiger partial charge on any atom is -0.367 e. The first kappa shape index (κ1) is 24.5. The van der Waals surface area contributed by atoms with Crippen LogP contribution in [0.3, 0.4) is 0 Å². The van der Waals surface area contributed by atoms with Crippen LogP contribution in [0.5, 0.6) is 0 Å². The number of carbonyl (C=O) groups excluding carboxylic acids is 1. The van der Waals surface area contributed by atoms with E-state index in [1.165, 1.54) is 12.5 Å². The zero-order valence-corrected chi connectivity index (χ0v) is 21.2. The number of anilines is 1. The fourth-order valence-corrected chi connectivity index (χ4v) is 5.38. The van der Waals surface area contributed by atoms with Crippen LogP contribution in [0.4, 0.5) is 5.82 Å². The van der Waals surface area contributed by atoms with Gasteiger partial charge in [-0.3, -0.25) is 9.48 Å². The standard InChI is InChI=1S/C23H27BrN6O3S/c1-15-17(3-2-4-20(15)24)13-30-9-7-21(29-30)22(31)19-12-26-14-27-23(19)28-18-6-5-16(11-18)8-10-34(25,32)33/h2-4,7,9,12,14,16,18H,5-6,8,10-11,13H2,1H3,(H2,25,32,33)(H,26,27,28). The fraction of sp³-hybridized carbons (Fsp3) is 0.391. The predicted molar refractivity (Wildman–Crippen MR) is 133 cm³/mol. The lowest BCUT2D eigenvalue weighted by Crippen LogP contribution is -2.21. The summed E-state index contributed by atoms with van der Waals surface area (Å²) >= 11 is 3.55. The van der Waals surface area contributed by atoms with Crippen molar-refractivity contribution in [1.29, 1.82) is 0 Å². The number of hydrogen-bond donors (Lipinski definition) is 2. The maximum atomic E-state index is 13.2. The Kier molecular flexibility index (Phi) is 7.44. The highest BCUT2D eigenvalue weighted by Crippen LogP contribution is 2.31. The maximum Gasteiger partial charge on any atom is 0.218 e. The van der Waals surface area contributed by atoms with Crippen molar-refractivity contribution in [3.8, 4) is 0 Å². The van der Waals surface area contributed by atoms with Gasteiger partial charge in [-0.05, 0) is 61.8 Å². The largest absolute Gasteiger partial charge is 0.367 e. The fourth-order valence-electron chi connectivity index (χ4n) is 4.31. The monoisotopic (exact) mass is 546 g/mol. The first-order chi connectivity index (χ1) is 16.2. The smallest absolute Gasteiger partial charge is 0.218 e. The molecule has 1 aliphatic carbocycles. The van der Waals surface area contributed by atoms with Gasteiger partial charge in [0.25, 0.3) is 0 Å². The first-order valence-electron chi connectivity index (χ1n) is 11.1. The van der Waals surface area contributed by atoms with Gasteiger partial charge < -0.3 is 5.32 Å². The van der Waals surface area contributed by atoms with E-state index in [1.807, 2.05) is 25.1 Å². The van der Waals surface area contributed by atoms with Crippen molar-refractivity contribution in [3.05, 3.63) is 69.8 Å². The molecule has 3 aromatic rings. The number of ketones is 1. The van der Waals surface area contributed by atoms with Crippen LogP contribution in [-0.2, 0) is 16.6 Å². The number of rotatable bonds is 9. The number of carbonyl (C=O) groups is 1. The number of hydrogen-bond acceptors (Lipinski definition) is 7. The van der Waals surface area contributed by atoms with Gasteiger partial charge in [-0.1, -0.05) is 28.1 Å². The summed E-state index contributed by atoms with van der Waals surface area (Å²) in [6.07, 6.45) is 7.81. The molecule has 2 unspecified atom stereocenters. The Bertz CT molecular complexity index is 1290. The Morgan fingerprint density at radius 2 is 2.12 bits per heavy atom. The molecule has 3 N–H and O–H groups in total. The van der Waals surface area contributed by atoms with E-state index >= 15 is 0 Å². The van der Waals surface area contributed by atoms with E-state index in [1.54, 1.807) is 16.9 Å². The number of halogens is 1.